The quantitative estimate of drug-likeness (QED) is 0.798. The Labute approximate surface area is 124 Å². The fourth-order valence-electron chi connectivity index (χ4n) is 2.35. The Hall–Kier alpha value is -0.100. The SMILES string of the molecule is Cc1cc(S(=O)(=O)N2CCCC(C)CC2)sc1CCl. The molecule has 0 N–H and O–H groups in total. The van der Waals surface area contributed by atoms with Gasteiger partial charge in [-0.15, -0.1) is 22.9 Å². The van der Waals surface area contributed by atoms with Crippen molar-refractivity contribution < 1.29 is 8.42 Å². The summed E-state index contributed by atoms with van der Waals surface area (Å²) in [5, 5.41) is 0. The third-order valence-electron chi connectivity index (χ3n) is 3.69. The summed E-state index contributed by atoms with van der Waals surface area (Å²) >= 11 is 7.13. The normalized spacial score (nSPS) is 22.4. The first-order valence-corrected chi connectivity index (χ1v) is 9.39. The number of hydrogen-bond donors (Lipinski definition) is 0. The van der Waals surface area contributed by atoms with Crippen molar-refractivity contribution in [1.29, 1.82) is 0 Å². The maximum atomic E-state index is 12.6. The lowest BCUT2D eigenvalue weighted by atomic mass is 10.0. The first kappa shape index (κ1) is 15.3. The van der Waals surface area contributed by atoms with Crippen LogP contribution in [0.1, 0.15) is 36.6 Å². The lowest BCUT2D eigenvalue weighted by Crippen LogP contribution is -2.31. The molecule has 3 nitrogen and oxygen atoms in total. The Balaban J connectivity index is 2.25. The molecule has 19 heavy (non-hydrogen) atoms. The summed E-state index contributed by atoms with van der Waals surface area (Å²) in [4.78, 5) is 0.948. The van der Waals surface area contributed by atoms with Crippen molar-refractivity contribution in [3.63, 3.8) is 0 Å². The largest absolute Gasteiger partial charge is 0.252 e. The lowest BCUT2D eigenvalue weighted by molar-refractivity contribution is 0.418. The van der Waals surface area contributed by atoms with Crippen LogP contribution in [-0.2, 0) is 15.9 Å². The van der Waals surface area contributed by atoms with Crippen LogP contribution < -0.4 is 0 Å². The van der Waals surface area contributed by atoms with Crippen LogP contribution in [0.25, 0.3) is 0 Å². The maximum absolute atomic E-state index is 12.6. The van der Waals surface area contributed by atoms with E-state index in [0.29, 0.717) is 29.1 Å². The summed E-state index contributed by atoms with van der Waals surface area (Å²) in [5.41, 5.74) is 0.974. The summed E-state index contributed by atoms with van der Waals surface area (Å²) < 4.78 is 27.3. The lowest BCUT2D eigenvalue weighted by Gasteiger charge is -2.18. The van der Waals surface area contributed by atoms with Gasteiger partial charge in [0, 0.05) is 18.0 Å². The third kappa shape index (κ3) is 3.32. The second-order valence-corrected chi connectivity index (χ2v) is 8.81. The fourth-order valence-corrected chi connectivity index (χ4v) is 5.81. The van der Waals surface area contributed by atoms with E-state index in [1.165, 1.54) is 11.3 Å². The van der Waals surface area contributed by atoms with Gasteiger partial charge in [0.1, 0.15) is 4.21 Å². The van der Waals surface area contributed by atoms with Gasteiger partial charge in [-0.05, 0) is 43.7 Å². The number of alkyl halides is 1. The Kier molecular flexibility index (Phi) is 4.93. The van der Waals surface area contributed by atoms with Gasteiger partial charge < -0.3 is 0 Å². The average Bonchev–Trinajstić information content (AvgIpc) is 2.60. The molecule has 1 aromatic heterocycles. The van der Waals surface area contributed by atoms with Gasteiger partial charge >= 0.3 is 0 Å². The minimum absolute atomic E-state index is 0.378. The van der Waals surface area contributed by atoms with Crippen molar-refractivity contribution in [2.24, 2.45) is 5.92 Å². The predicted octanol–water partition coefficient (Wildman–Crippen LogP) is 3.61. The molecule has 0 amide bonds. The molecule has 1 unspecified atom stereocenters. The summed E-state index contributed by atoms with van der Waals surface area (Å²) in [6, 6.07) is 1.76. The summed E-state index contributed by atoms with van der Waals surface area (Å²) in [5.74, 6) is 0.993. The summed E-state index contributed by atoms with van der Waals surface area (Å²) in [7, 11) is -3.33. The molecule has 1 saturated heterocycles. The van der Waals surface area contributed by atoms with Crippen LogP contribution in [0.2, 0.25) is 0 Å². The van der Waals surface area contributed by atoms with E-state index in [0.717, 1.165) is 29.7 Å². The van der Waals surface area contributed by atoms with E-state index >= 15 is 0 Å². The van der Waals surface area contributed by atoms with Crippen molar-refractivity contribution in [3.05, 3.63) is 16.5 Å². The average molecular weight is 322 g/mol. The highest BCUT2D eigenvalue weighted by atomic mass is 35.5. The summed E-state index contributed by atoms with van der Waals surface area (Å²) in [6.07, 6.45) is 3.02. The second-order valence-electron chi connectivity index (χ2n) is 5.25. The minimum Gasteiger partial charge on any atom is -0.206 e. The molecule has 2 heterocycles. The van der Waals surface area contributed by atoms with Crippen molar-refractivity contribution in [2.45, 2.75) is 43.2 Å². The highest BCUT2D eigenvalue weighted by Crippen LogP contribution is 2.31. The molecule has 0 aromatic carbocycles. The molecular weight excluding hydrogens is 302 g/mol. The van der Waals surface area contributed by atoms with E-state index in [9.17, 15) is 8.42 Å². The van der Waals surface area contributed by atoms with Crippen LogP contribution in [0, 0.1) is 12.8 Å². The number of aryl methyl sites for hydroxylation is 1. The molecule has 0 bridgehead atoms. The zero-order valence-electron chi connectivity index (χ0n) is 11.4. The molecule has 2 rings (SSSR count). The van der Waals surface area contributed by atoms with E-state index in [4.69, 9.17) is 11.6 Å². The molecule has 1 fully saturated rings. The third-order valence-corrected chi connectivity index (χ3v) is 7.70. The van der Waals surface area contributed by atoms with Crippen LogP contribution in [0.5, 0.6) is 0 Å². The van der Waals surface area contributed by atoms with Crippen LogP contribution in [-0.4, -0.2) is 25.8 Å². The van der Waals surface area contributed by atoms with Crippen molar-refractivity contribution in [3.8, 4) is 0 Å². The van der Waals surface area contributed by atoms with E-state index in [2.05, 4.69) is 6.92 Å². The number of sulfonamides is 1. The Morgan fingerprint density at radius 2 is 2.16 bits per heavy atom. The highest BCUT2D eigenvalue weighted by molar-refractivity contribution is 7.91. The van der Waals surface area contributed by atoms with Gasteiger partial charge in [0.2, 0.25) is 0 Å². The molecule has 1 atom stereocenters. The van der Waals surface area contributed by atoms with Gasteiger partial charge in [-0.2, -0.15) is 4.31 Å². The van der Waals surface area contributed by atoms with Crippen molar-refractivity contribution in [1.82, 2.24) is 4.31 Å². The van der Waals surface area contributed by atoms with Gasteiger partial charge in [-0.25, -0.2) is 8.42 Å². The molecule has 0 radical (unpaired) electrons. The molecule has 0 spiro atoms. The zero-order chi connectivity index (χ0) is 14.0. The number of halogens is 1. The van der Waals surface area contributed by atoms with Gasteiger partial charge in [0.05, 0.1) is 5.88 Å². The second kappa shape index (κ2) is 6.12. The van der Waals surface area contributed by atoms with Crippen LogP contribution in [0.15, 0.2) is 10.3 Å². The summed E-state index contributed by atoms with van der Waals surface area (Å²) in [6.45, 7) is 5.38. The van der Waals surface area contributed by atoms with Crippen LogP contribution >= 0.6 is 22.9 Å². The Morgan fingerprint density at radius 3 is 2.79 bits per heavy atom. The van der Waals surface area contributed by atoms with Gasteiger partial charge in [-0.1, -0.05) is 6.92 Å². The number of nitrogens with zero attached hydrogens (tertiary/aromatic N) is 1. The Bertz CT molecular complexity index is 539. The maximum Gasteiger partial charge on any atom is 0.252 e. The first-order valence-electron chi connectivity index (χ1n) is 6.60. The van der Waals surface area contributed by atoms with E-state index < -0.39 is 10.0 Å². The number of hydrogen-bond acceptors (Lipinski definition) is 3. The standard InChI is InChI=1S/C13H20ClNO2S2/c1-10-4-3-6-15(7-5-10)19(16,17)13-8-11(2)12(9-14)18-13/h8,10H,3-7,9H2,1-2H3. The van der Waals surface area contributed by atoms with E-state index in [-0.39, 0.29) is 0 Å². The monoisotopic (exact) mass is 321 g/mol. The van der Waals surface area contributed by atoms with E-state index in [1.807, 2.05) is 6.92 Å². The fraction of sp³-hybridized carbons (Fsp3) is 0.692. The molecule has 1 aliphatic rings. The molecule has 1 aromatic rings. The van der Waals surface area contributed by atoms with E-state index in [1.54, 1.807) is 10.4 Å². The Morgan fingerprint density at radius 1 is 1.42 bits per heavy atom. The van der Waals surface area contributed by atoms with Crippen molar-refractivity contribution >= 4 is 33.0 Å². The number of thiophene rings is 1. The van der Waals surface area contributed by atoms with Gasteiger partial charge in [0.25, 0.3) is 10.0 Å². The topological polar surface area (TPSA) is 37.4 Å². The van der Waals surface area contributed by atoms with Crippen LogP contribution in [0.3, 0.4) is 0 Å². The smallest absolute Gasteiger partial charge is 0.206 e. The minimum atomic E-state index is -3.33. The number of rotatable bonds is 3. The molecule has 0 aliphatic carbocycles. The molecule has 0 saturated carbocycles. The van der Waals surface area contributed by atoms with Crippen LogP contribution in [0.4, 0.5) is 0 Å². The molecule has 108 valence electrons. The molecule has 6 heteroatoms. The van der Waals surface area contributed by atoms with Gasteiger partial charge in [-0.3, -0.25) is 0 Å². The molecule has 1 aliphatic heterocycles. The van der Waals surface area contributed by atoms with Crippen molar-refractivity contribution in [2.75, 3.05) is 13.1 Å². The highest BCUT2D eigenvalue weighted by Gasteiger charge is 2.28. The first-order chi connectivity index (χ1) is 8.95. The zero-order valence-corrected chi connectivity index (χ0v) is 13.7. The van der Waals surface area contributed by atoms with Gasteiger partial charge in [0.15, 0.2) is 0 Å². The molecular formula is C13H20ClNO2S2. The predicted molar refractivity (Wildman–Crippen MR) is 80.4 cm³/mol.